The van der Waals surface area contributed by atoms with Gasteiger partial charge in [-0.2, -0.15) is 0 Å². The summed E-state index contributed by atoms with van der Waals surface area (Å²) in [6.45, 7) is 1.23. The molecule has 7 heteroatoms. The van der Waals surface area contributed by atoms with Crippen LogP contribution in [-0.2, 0) is 16.1 Å². The van der Waals surface area contributed by atoms with E-state index in [-0.39, 0.29) is 23.8 Å². The molecule has 0 saturated heterocycles. The zero-order valence-electron chi connectivity index (χ0n) is 16.6. The fraction of sp³-hybridized carbons (Fsp3) is 0.545. The molecular formula is C22H28N3O4-. The molecule has 0 bridgehead atoms. The smallest absolute Gasteiger partial charge is 0.261 e. The fourth-order valence-corrected chi connectivity index (χ4v) is 4.05. The van der Waals surface area contributed by atoms with Crippen molar-refractivity contribution in [1.29, 1.82) is 0 Å². The zero-order chi connectivity index (χ0) is 20.6. The van der Waals surface area contributed by atoms with Crippen LogP contribution in [0.3, 0.4) is 0 Å². The molecule has 29 heavy (non-hydrogen) atoms. The third kappa shape index (κ3) is 5.89. The molecular weight excluding hydrogens is 370 g/mol. The minimum Gasteiger partial charge on any atom is -0.550 e. The average Bonchev–Trinajstić information content (AvgIpc) is 2.73. The molecule has 1 fully saturated rings. The highest BCUT2D eigenvalue weighted by Gasteiger charge is 2.26. The van der Waals surface area contributed by atoms with E-state index in [1.807, 2.05) is 18.2 Å². The van der Waals surface area contributed by atoms with Crippen molar-refractivity contribution in [3.8, 4) is 0 Å². The average molecular weight is 398 g/mol. The predicted octanol–water partition coefficient (Wildman–Crippen LogP) is 1.63. The van der Waals surface area contributed by atoms with E-state index in [2.05, 4.69) is 10.3 Å². The van der Waals surface area contributed by atoms with Crippen LogP contribution in [-0.4, -0.2) is 28.0 Å². The third-order valence-electron chi connectivity index (χ3n) is 5.76. The molecule has 3 rings (SSSR count). The summed E-state index contributed by atoms with van der Waals surface area (Å²) in [5, 5.41) is 14.0. The number of rotatable bonds is 9. The number of benzene rings is 1. The number of hydrogen-bond acceptors (Lipinski definition) is 5. The van der Waals surface area contributed by atoms with E-state index in [9.17, 15) is 19.5 Å². The molecule has 2 aromatic rings. The molecule has 0 aliphatic heterocycles. The van der Waals surface area contributed by atoms with Crippen LogP contribution in [0.1, 0.15) is 51.4 Å². The Morgan fingerprint density at radius 2 is 1.86 bits per heavy atom. The molecule has 7 nitrogen and oxygen atoms in total. The van der Waals surface area contributed by atoms with Gasteiger partial charge in [0.05, 0.1) is 17.2 Å². The van der Waals surface area contributed by atoms with Gasteiger partial charge in [-0.15, -0.1) is 0 Å². The lowest BCUT2D eigenvalue weighted by molar-refractivity contribution is -0.305. The summed E-state index contributed by atoms with van der Waals surface area (Å²) >= 11 is 0. The maximum atomic E-state index is 12.6. The lowest BCUT2D eigenvalue weighted by atomic mass is 9.81. The van der Waals surface area contributed by atoms with E-state index in [0.717, 1.165) is 38.5 Å². The van der Waals surface area contributed by atoms with Gasteiger partial charge in [-0.3, -0.25) is 14.2 Å². The highest BCUT2D eigenvalue weighted by Crippen LogP contribution is 2.29. The minimum absolute atomic E-state index is 0.00542. The van der Waals surface area contributed by atoms with E-state index in [1.54, 1.807) is 17.0 Å². The number of unbranched alkanes of at least 4 members (excludes halogenated alkanes) is 2. The molecule has 1 N–H and O–H groups in total. The van der Waals surface area contributed by atoms with Gasteiger partial charge in [0.2, 0.25) is 5.91 Å². The number of carbonyl (C=O) groups excluding carboxylic acids is 2. The van der Waals surface area contributed by atoms with Crippen LogP contribution in [0.15, 0.2) is 35.4 Å². The van der Waals surface area contributed by atoms with Gasteiger partial charge in [0.15, 0.2) is 0 Å². The van der Waals surface area contributed by atoms with Crippen LogP contribution in [0.2, 0.25) is 0 Å². The molecule has 1 saturated carbocycles. The van der Waals surface area contributed by atoms with Gasteiger partial charge in [0.1, 0.15) is 0 Å². The van der Waals surface area contributed by atoms with Gasteiger partial charge in [-0.1, -0.05) is 18.6 Å². The van der Waals surface area contributed by atoms with Gasteiger partial charge in [0, 0.05) is 25.0 Å². The van der Waals surface area contributed by atoms with Crippen LogP contribution in [0, 0.1) is 11.8 Å². The lowest BCUT2D eigenvalue weighted by Crippen LogP contribution is -2.35. The number of carboxylic acids is 1. The molecule has 0 spiro atoms. The first-order valence-corrected chi connectivity index (χ1v) is 10.5. The summed E-state index contributed by atoms with van der Waals surface area (Å²) in [5.41, 5.74) is 0.711. The molecule has 156 valence electrons. The van der Waals surface area contributed by atoms with Crippen LogP contribution in [0.4, 0.5) is 0 Å². The molecule has 1 aromatic heterocycles. The van der Waals surface area contributed by atoms with Gasteiger partial charge in [0.25, 0.3) is 5.56 Å². The Morgan fingerprint density at radius 1 is 1.10 bits per heavy atom. The highest BCUT2D eigenvalue weighted by molar-refractivity contribution is 5.78. The number of aromatic nitrogens is 2. The molecule has 1 aliphatic carbocycles. The van der Waals surface area contributed by atoms with E-state index in [1.165, 1.54) is 0 Å². The normalized spacial score (nSPS) is 19.2. The van der Waals surface area contributed by atoms with E-state index in [0.29, 0.717) is 36.3 Å². The number of carbonyl (C=O) groups is 2. The monoisotopic (exact) mass is 398 g/mol. The number of para-hydroxylation sites is 1. The van der Waals surface area contributed by atoms with Crippen LogP contribution < -0.4 is 16.0 Å². The molecule has 1 aromatic carbocycles. The number of hydrogen-bond donors (Lipinski definition) is 1. The van der Waals surface area contributed by atoms with Crippen molar-refractivity contribution in [2.75, 3.05) is 6.54 Å². The van der Waals surface area contributed by atoms with Crippen molar-refractivity contribution >= 4 is 22.8 Å². The van der Waals surface area contributed by atoms with Gasteiger partial charge in [-0.05, 0) is 63.0 Å². The Kier molecular flexibility index (Phi) is 7.38. The zero-order valence-corrected chi connectivity index (χ0v) is 16.6. The van der Waals surface area contributed by atoms with Crippen molar-refractivity contribution in [3.63, 3.8) is 0 Å². The Labute approximate surface area is 170 Å². The van der Waals surface area contributed by atoms with E-state index >= 15 is 0 Å². The number of amides is 1. The van der Waals surface area contributed by atoms with Gasteiger partial charge < -0.3 is 15.2 Å². The fourth-order valence-electron chi connectivity index (χ4n) is 4.05. The highest BCUT2D eigenvalue weighted by atomic mass is 16.4. The summed E-state index contributed by atoms with van der Waals surface area (Å²) in [6.07, 6.45) is 7.35. The first kappa shape index (κ1) is 21.0. The second-order valence-corrected chi connectivity index (χ2v) is 7.91. The van der Waals surface area contributed by atoms with Crippen LogP contribution in [0.5, 0.6) is 0 Å². The van der Waals surface area contributed by atoms with Crippen LogP contribution in [0.25, 0.3) is 10.9 Å². The first-order chi connectivity index (χ1) is 14.0. The second kappa shape index (κ2) is 10.2. The maximum absolute atomic E-state index is 12.6. The quantitative estimate of drug-likeness (QED) is 0.647. The topological polar surface area (TPSA) is 104 Å². The van der Waals surface area contributed by atoms with Crippen molar-refractivity contribution in [3.05, 3.63) is 40.9 Å². The molecule has 1 heterocycles. The summed E-state index contributed by atoms with van der Waals surface area (Å²) in [6, 6.07) is 7.37. The summed E-state index contributed by atoms with van der Waals surface area (Å²) in [4.78, 5) is 39.7. The Balaban J connectivity index is 1.41. The summed E-state index contributed by atoms with van der Waals surface area (Å²) in [7, 11) is 0. The standard InChI is InChI=1S/C22H29N3O4/c26-20(27)8-2-1-5-13-23-21(28)17-11-9-16(10-12-17)14-25-15-24-19-7-4-3-6-18(19)22(25)29/h3-4,6-7,15-17H,1-2,5,8-14H2,(H,23,28)(H,26,27)/p-1. The molecule has 1 amide bonds. The number of fused-ring (bicyclic) bond motifs is 1. The Bertz CT molecular complexity index is 900. The lowest BCUT2D eigenvalue weighted by Gasteiger charge is -2.28. The van der Waals surface area contributed by atoms with Crippen LogP contribution >= 0.6 is 0 Å². The molecule has 0 atom stereocenters. The molecule has 0 unspecified atom stereocenters. The van der Waals surface area contributed by atoms with Crippen molar-refractivity contribution in [2.45, 2.75) is 57.9 Å². The van der Waals surface area contributed by atoms with Gasteiger partial charge in [-0.25, -0.2) is 4.98 Å². The van der Waals surface area contributed by atoms with Crippen molar-refractivity contribution in [2.24, 2.45) is 11.8 Å². The molecule has 1 aliphatic rings. The third-order valence-corrected chi connectivity index (χ3v) is 5.76. The van der Waals surface area contributed by atoms with Gasteiger partial charge >= 0.3 is 0 Å². The van der Waals surface area contributed by atoms with Crippen molar-refractivity contribution in [1.82, 2.24) is 14.9 Å². The Hall–Kier alpha value is -2.70. The number of nitrogens with one attached hydrogen (secondary N) is 1. The number of nitrogens with zero attached hydrogens (tertiary/aromatic N) is 2. The summed E-state index contributed by atoms with van der Waals surface area (Å²) in [5.74, 6) is -0.523. The minimum atomic E-state index is -1.02. The number of aliphatic carboxylic acids is 1. The largest absolute Gasteiger partial charge is 0.550 e. The molecule has 0 radical (unpaired) electrons. The Morgan fingerprint density at radius 3 is 2.62 bits per heavy atom. The SMILES string of the molecule is O=C([O-])CCCCCNC(=O)C1CCC(Cn2cnc3ccccc3c2=O)CC1. The predicted molar refractivity (Wildman–Crippen MR) is 108 cm³/mol. The maximum Gasteiger partial charge on any atom is 0.261 e. The first-order valence-electron chi connectivity index (χ1n) is 10.5. The van der Waals surface area contributed by atoms with Crippen molar-refractivity contribution < 1.29 is 14.7 Å². The number of carboxylic acid groups (broad SMARTS) is 1. The van der Waals surface area contributed by atoms with E-state index in [4.69, 9.17) is 0 Å². The second-order valence-electron chi connectivity index (χ2n) is 7.91. The van der Waals surface area contributed by atoms with E-state index < -0.39 is 5.97 Å². The summed E-state index contributed by atoms with van der Waals surface area (Å²) < 4.78 is 1.69.